The van der Waals surface area contributed by atoms with E-state index in [0.29, 0.717) is 12.0 Å². The van der Waals surface area contributed by atoms with Crippen molar-refractivity contribution in [2.75, 3.05) is 13.7 Å². The van der Waals surface area contributed by atoms with Crippen molar-refractivity contribution in [1.82, 2.24) is 0 Å². The molecule has 0 radical (unpaired) electrons. The van der Waals surface area contributed by atoms with Gasteiger partial charge in [-0.25, -0.2) is 4.79 Å². The van der Waals surface area contributed by atoms with Crippen LogP contribution < -0.4 is 0 Å². The zero-order valence-corrected chi connectivity index (χ0v) is 17.4. The summed E-state index contributed by atoms with van der Waals surface area (Å²) in [7, 11) is -1.97. The molecule has 1 aliphatic rings. The van der Waals surface area contributed by atoms with Gasteiger partial charge >= 0.3 is 13.6 Å². The predicted octanol–water partition coefficient (Wildman–Crippen LogP) is 4.02. The second kappa shape index (κ2) is 9.80. The molecule has 3 atom stereocenters. The smallest absolute Gasteiger partial charge is 0.359 e. The molecule has 2 rings (SSSR count). The molecule has 7 nitrogen and oxygen atoms in total. The van der Waals surface area contributed by atoms with Gasteiger partial charge in [-0.1, -0.05) is 18.2 Å². The van der Waals surface area contributed by atoms with Gasteiger partial charge in [0.1, 0.15) is 12.7 Å². The Morgan fingerprint density at radius 3 is 2.26 bits per heavy atom. The SMILES string of the molecule is CO[C@H]1C[C@@H](P(=O)(OC(C)C)OC(C)C)O[C@@H]1COC(=O)c1ccccc1. The second-order valence-corrected chi connectivity index (χ2v) is 9.03. The quantitative estimate of drug-likeness (QED) is 0.457. The normalized spacial score (nSPS) is 23.1. The Labute approximate surface area is 160 Å². The van der Waals surface area contributed by atoms with Crippen LogP contribution in [0.15, 0.2) is 30.3 Å². The minimum Gasteiger partial charge on any atom is -0.459 e. The molecule has 0 saturated carbocycles. The summed E-state index contributed by atoms with van der Waals surface area (Å²) in [6.07, 6.45) is -1.16. The van der Waals surface area contributed by atoms with Crippen molar-refractivity contribution in [1.29, 1.82) is 0 Å². The Bertz CT molecular complexity index is 633. The van der Waals surface area contributed by atoms with Crippen molar-refractivity contribution in [2.24, 2.45) is 0 Å². The largest absolute Gasteiger partial charge is 0.459 e. The molecule has 1 aliphatic heterocycles. The van der Waals surface area contributed by atoms with E-state index in [0.717, 1.165) is 0 Å². The van der Waals surface area contributed by atoms with Gasteiger partial charge in [0.05, 0.1) is 23.9 Å². The molecule has 0 unspecified atom stereocenters. The van der Waals surface area contributed by atoms with Crippen LogP contribution in [-0.4, -0.2) is 49.9 Å². The number of hydrogen-bond acceptors (Lipinski definition) is 7. The first kappa shape index (κ1) is 22.1. The van der Waals surface area contributed by atoms with Crippen LogP contribution in [0.1, 0.15) is 44.5 Å². The van der Waals surface area contributed by atoms with Crippen molar-refractivity contribution in [2.45, 2.75) is 64.4 Å². The predicted molar refractivity (Wildman–Crippen MR) is 101 cm³/mol. The summed E-state index contributed by atoms with van der Waals surface area (Å²) in [5, 5.41) is 0. The van der Waals surface area contributed by atoms with Crippen molar-refractivity contribution >= 4 is 13.6 Å². The van der Waals surface area contributed by atoms with Gasteiger partial charge in [0.2, 0.25) is 0 Å². The molecule has 1 aromatic rings. The minimum atomic E-state index is -3.52. The fourth-order valence-electron chi connectivity index (χ4n) is 2.86. The molecule has 0 spiro atoms. The number of carbonyl (C=O) groups is 1. The molecule has 1 aromatic carbocycles. The lowest BCUT2D eigenvalue weighted by Crippen LogP contribution is -2.29. The molecule has 27 heavy (non-hydrogen) atoms. The van der Waals surface area contributed by atoms with Gasteiger partial charge in [-0.2, -0.15) is 0 Å². The molecule has 152 valence electrons. The van der Waals surface area contributed by atoms with Crippen LogP contribution in [0.4, 0.5) is 0 Å². The average Bonchev–Trinajstić information content (AvgIpc) is 3.03. The molecular weight excluding hydrogens is 371 g/mol. The van der Waals surface area contributed by atoms with Crippen molar-refractivity contribution in [3.63, 3.8) is 0 Å². The van der Waals surface area contributed by atoms with E-state index in [1.807, 2.05) is 6.07 Å². The topological polar surface area (TPSA) is 80.3 Å². The Morgan fingerprint density at radius 2 is 1.74 bits per heavy atom. The van der Waals surface area contributed by atoms with E-state index in [1.165, 1.54) is 0 Å². The molecule has 0 aromatic heterocycles. The molecule has 0 amide bonds. The van der Waals surface area contributed by atoms with Gasteiger partial charge in [0, 0.05) is 13.5 Å². The van der Waals surface area contributed by atoms with E-state index in [9.17, 15) is 9.36 Å². The standard InChI is InChI=1S/C19H29O7P/c1-13(2)25-27(21,26-14(3)4)18-11-16(22-5)17(24-18)12-23-19(20)15-9-7-6-8-10-15/h6-10,13-14,16-18H,11-12H2,1-5H3/t16-,17+,18+/m0/s1. The fraction of sp³-hybridized carbons (Fsp3) is 0.632. The van der Waals surface area contributed by atoms with Gasteiger partial charge < -0.3 is 23.3 Å². The van der Waals surface area contributed by atoms with Crippen LogP contribution >= 0.6 is 7.60 Å². The number of carbonyl (C=O) groups excluding carboxylic acids is 1. The fourth-order valence-corrected chi connectivity index (χ4v) is 5.13. The molecular formula is C19H29O7P. The van der Waals surface area contributed by atoms with Crippen LogP contribution in [0.3, 0.4) is 0 Å². The number of ether oxygens (including phenoxy) is 3. The zero-order chi connectivity index (χ0) is 20.0. The Hall–Kier alpha value is -1.24. The summed E-state index contributed by atoms with van der Waals surface area (Å²) in [4.78, 5) is 12.1. The first-order chi connectivity index (χ1) is 12.7. The highest BCUT2D eigenvalue weighted by atomic mass is 31.2. The molecule has 0 bridgehead atoms. The Kier molecular flexibility index (Phi) is 8.01. The number of methoxy groups -OCH3 is 1. The van der Waals surface area contributed by atoms with Crippen LogP contribution in [0.25, 0.3) is 0 Å². The molecule has 0 N–H and O–H groups in total. The van der Waals surface area contributed by atoms with Gasteiger partial charge in [0.15, 0.2) is 5.85 Å². The highest BCUT2D eigenvalue weighted by Crippen LogP contribution is 2.59. The summed E-state index contributed by atoms with van der Waals surface area (Å²) >= 11 is 0. The monoisotopic (exact) mass is 400 g/mol. The first-order valence-electron chi connectivity index (χ1n) is 9.12. The number of benzene rings is 1. The highest BCUT2D eigenvalue weighted by molar-refractivity contribution is 7.54. The van der Waals surface area contributed by atoms with Gasteiger partial charge in [0.25, 0.3) is 0 Å². The summed E-state index contributed by atoms with van der Waals surface area (Å²) in [6.45, 7) is 7.15. The number of rotatable bonds is 9. The summed E-state index contributed by atoms with van der Waals surface area (Å²) in [5.74, 6) is -1.22. The molecule has 1 fully saturated rings. The maximum absolute atomic E-state index is 13.3. The van der Waals surface area contributed by atoms with Gasteiger partial charge in [-0.3, -0.25) is 4.57 Å². The van der Waals surface area contributed by atoms with E-state index in [1.54, 1.807) is 59.1 Å². The Morgan fingerprint density at radius 1 is 1.15 bits per heavy atom. The molecule has 0 aliphatic carbocycles. The van der Waals surface area contributed by atoms with E-state index < -0.39 is 25.5 Å². The summed E-state index contributed by atoms with van der Waals surface area (Å²) in [5.41, 5.74) is 0.456. The minimum absolute atomic E-state index is 0.00785. The average molecular weight is 400 g/mol. The highest BCUT2D eigenvalue weighted by Gasteiger charge is 2.48. The lowest BCUT2D eigenvalue weighted by atomic mass is 10.2. The zero-order valence-electron chi connectivity index (χ0n) is 16.5. The van der Waals surface area contributed by atoms with Gasteiger partial charge in [-0.15, -0.1) is 0 Å². The summed E-state index contributed by atoms with van der Waals surface area (Å²) in [6, 6.07) is 8.70. The van der Waals surface area contributed by atoms with Crippen molar-refractivity contribution in [3.05, 3.63) is 35.9 Å². The maximum atomic E-state index is 13.3. The number of hydrogen-bond donors (Lipinski definition) is 0. The van der Waals surface area contributed by atoms with E-state index >= 15 is 0 Å². The third-order valence-electron chi connectivity index (χ3n) is 3.94. The van der Waals surface area contributed by atoms with Crippen molar-refractivity contribution < 1.29 is 32.6 Å². The van der Waals surface area contributed by atoms with E-state index in [2.05, 4.69) is 0 Å². The first-order valence-corrected chi connectivity index (χ1v) is 10.7. The lowest BCUT2D eigenvalue weighted by molar-refractivity contribution is -0.0371. The van der Waals surface area contributed by atoms with Gasteiger partial charge in [-0.05, 0) is 39.8 Å². The van der Waals surface area contributed by atoms with Crippen LogP contribution in [0.2, 0.25) is 0 Å². The molecule has 8 heteroatoms. The van der Waals surface area contributed by atoms with Crippen LogP contribution in [0.5, 0.6) is 0 Å². The van der Waals surface area contributed by atoms with E-state index in [4.69, 9.17) is 23.3 Å². The number of esters is 1. The lowest BCUT2D eigenvalue weighted by Gasteiger charge is -2.27. The van der Waals surface area contributed by atoms with Crippen LogP contribution in [0, 0.1) is 0 Å². The second-order valence-electron chi connectivity index (χ2n) is 6.95. The summed E-state index contributed by atoms with van der Waals surface area (Å²) < 4.78 is 41.2. The molecule has 1 saturated heterocycles. The van der Waals surface area contributed by atoms with E-state index in [-0.39, 0.29) is 24.9 Å². The Balaban J connectivity index is 2.04. The van der Waals surface area contributed by atoms with Crippen molar-refractivity contribution in [3.8, 4) is 0 Å². The third-order valence-corrected chi connectivity index (χ3v) is 6.41. The third kappa shape index (κ3) is 6.13. The van der Waals surface area contributed by atoms with Crippen LogP contribution in [-0.2, 0) is 27.8 Å². The maximum Gasteiger partial charge on any atom is 0.359 e. The molecule has 1 heterocycles.